The minimum Gasteiger partial charge on any atom is -0.490 e. The molecule has 0 spiro atoms. The van der Waals surface area contributed by atoms with E-state index in [0.717, 1.165) is 0 Å². The van der Waals surface area contributed by atoms with Gasteiger partial charge in [-0.15, -0.1) is 0 Å². The molecule has 2 saturated heterocycles. The Morgan fingerprint density at radius 3 is 1.92 bits per heavy atom. The Hall–Kier alpha value is -2.37. The van der Waals surface area contributed by atoms with E-state index in [9.17, 15) is 4.79 Å². The molecule has 0 saturated carbocycles. The summed E-state index contributed by atoms with van der Waals surface area (Å²) in [5.41, 5.74) is 1.05. The third-order valence-corrected chi connectivity index (χ3v) is 3.91. The van der Waals surface area contributed by atoms with Crippen molar-refractivity contribution in [1.82, 2.24) is 0 Å². The maximum absolute atomic E-state index is 13.0. The first-order valence-corrected chi connectivity index (χ1v) is 8.03. The molecule has 2 aliphatic rings. The SMILES string of the molecule is O=C(c1ccccc1)c1c(OCC2CO2)cccc1OCC1CO1. The molecule has 0 bridgehead atoms. The lowest BCUT2D eigenvalue weighted by molar-refractivity contribution is 0.102. The molecule has 24 heavy (non-hydrogen) atoms. The summed E-state index contributed by atoms with van der Waals surface area (Å²) in [6.45, 7) is 2.28. The fourth-order valence-corrected chi connectivity index (χ4v) is 2.40. The molecule has 0 aliphatic carbocycles. The summed E-state index contributed by atoms with van der Waals surface area (Å²) in [5, 5.41) is 0. The van der Waals surface area contributed by atoms with Gasteiger partial charge >= 0.3 is 0 Å². The molecule has 124 valence electrons. The van der Waals surface area contributed by atoms with E-state index in [1.807, 2.05) is 24.3 Å². The number of benzene rings is 2. The van der Waals surface area contributed by atoms with Gasteiger partial charge in [0.25, 0.3) is 0 Å². The summed E-state index contributed by atoms with van der Waals surface area (Å²) in [5.74, 6) is 0.928. The van der Waals surface area contributed by atoms with Crippen molar-refractivity contribution < 1.29 is 23.7 Å². The van der Waals surface area contributed by atoms with Crippen LogP contribution in [0.25, 0.3) is 0 Å². The van der Waals surface area contributed by atoms with Crippen LogP contribution in [0.2, 0.25) is 0 Å². The molecule has 0 aromatic heterocycles. The van der Waals surface area contributed by atoms with Gasteiger partial charge in [-0.3, -0.25) is 4.79 Å². The van der Waals surface area contributed by atoms with Crippen LogP contribution >= 0.6 is 0 Å². The third-order valence-electron chi connectivity index (χ3n) is 3.91. The zero-order chi connectivity index (χ0) is 16.4. The van der Waals surface area contributed by atoms with Gasteiger partial charge in [-0.2, -0.15) is 0 Å². The van der Waals surface area contributed by atoms with E-state index in [1.54, 1.807) is 24.3 Å². The Balaban J connectivity index is 1.64. The lowest BCUT2D eigenvalue weighted by Crippen LogP contribution is -2.13. The van der Waals surface area contributed by atoms with Crippen molar-refractivity contribution in [3.63, 3.8) is 0 Å². The maximum atomic E-state index is 13.0. The van der Waals surface area contributed by atoms with Crippen molar-refractivity contribution in [1.29, 1.82) is 0 Å². The van der Waals surface area contributed by atoms with Gasteiger partial charge in [0.1, 0.15) is 42.5 Å². The van der Waals surface area contributed by atoms with Crippen molar-refractivity contribution in [2.45, 2.75) is 12.2 Å². The Morgan fingerprint density at radius 2 is 1.42 bits per heavy atom. The molecule has 5 nitrogen and oxygen atoms in total. The van der Waals surface area contributed by atoms with Crippen molar-refractivity contribution >= 4 is 5.78 Å². The van der Waals surface area contributed by atoms with E-state index in [-0.39, 0.29) is 18.0 Å². The first-order chi connectivity index (χ1) is 11.8. The minimum absolute atomic E-state index is 0.116. The Labute approximate surface area is 140 Å². The average molecular weight is 326 g/mol. The summed E-state index contributed by atoms with van der Waals surface area (Å²) in [6, 6.07) is 14.5. The maximum Gasteiger partial charge on any atom is 0.200 e. The Morgan fingerprint density at radius 1 is 0.875 bits per heavy atom. The zero-order valence-electron chi connectivity index (χ0n) is 13.1. The van der Waals surface area contributed by atoms with Gasteiger partial charge in [0.15, 0.2) is 0 Å². The highest BCUT2D eigenvalue weighted by atomic mass is 16.6. The summed E-state index contributed by atoms with van der Waals surface area (Å²) in [7, 11) is 0. The molecular formula is C19H18O5. The van der Waals surface area contributed by atoms with Crippen LogP contribution in [-0.2, 0) is 9.47 Å². The highest BCUT2D eigenvalue weighted by Crippen LogP contribution is 2.32. The number of carbonyl (C=O) groups excluding carboxylic acids is 1. The Kier molecular flexibility index (Phi) is 4.19. The van der Waals surface area contributed by atoms with Crippen LogP contribution in [0, 0.1) is 0 Å². The molecule has 0 amide bonds. The van der Waals surface area contributed by atoms with Crippen molar-refractivity contribution in [3.05, 3.63) is 59.7 Å². The highest BCUT2D eigenvalue weighted by Gasteiger charge is 2.27. The molecule has 0 N–H and O–H groups in total. The number of rotatable bonds is 8. The molecule has 0 radical (unpaired) electrons. The second kappa shape index (κ2) is 6.63. The quantitative estimate of drug-likeness (QED) is 0.551. The lowest BCUT2D eigenvalue weighted by atomic mass is 10.0. The predicted molar refractivity (Wildman–Crippen MR) is 86.8 cm³/mol. The van der Waals surface area contributed by atoms with Crippen LogP contribution in [0.3, 0.4) is 0 Å². The fourth-order valence-electron chi connectivity index (χ4n) is 2.40. The van der Waals surface area contributed by atoms with Crippen molar-refractivity contribution in [3.8, 4) is 11.5 Å². The summed E-state index contributed by atoms with van der Waals surface area (Å²) in [6.07, 6.45) is 0.239. The summed E-state index contributed by atoms with van der Waals surface area (Å²) < 4.78 is 22.0. The van der Waals surface area contributed by atoms with E-state index in [2.05, 4.69) is 0 Å². The van der Waals surface area contributed by atoms with Gasteiger partial charge in [0.2, 0.25) is 5.78 Å². The molecule has 2 heterocycles. The van der Waals surface area contributed by atoms with Crippen molar-refractivity contribution in [2.24, 2.45) is 0 Å². The van der Waals surface area contributed by atoms with Crippen LogP contribution in [0.4, 0.5) is 0 Å². The van der Waals surface area contributed by atoms with Crippen LogP contribution in [0.1, 0.15) is 15.9 Å². The molecular weight excluding hydrogens is 308 g/mol. The fraction of sp³-hybridized carbons (Fsp3) is 0.316. The molecule has 2 aromatic carbocycles. The zero-order valence-corrected chi connectivity index (χ0v) is 13.1. The van der Waals surface area contributed by atoms with E-state index in [0.29, 0.717) is 49.1 Å². The molecule has 4 rings (SSSR count). The standard InChI is InChI=1S/C19H18O5/c20-19(13-5-2-1-3-6-13)18-16(23-11-14-9-21-14)7-4-8-17(18)24-12-15-10-22-15/h1-8,14-15H,9-12H2. The normalized spacial score (nSPS) is 21.2. The molecule has 2 aromatic rings. The predicted octanol–water partition coefficient (Wildman–Crippen LogP) is 2.47. The second-order valence-electron chi connectivity index (χ2n) is 5.86. The second-order valence-corrected chi connectivity index (χ2v) is 5.86. The number of ketones is 1. The first-order valence-electron chi connectivity index (χ1n) is 8.03. The topological polar surface area (TPSA) is 60.6 Å². The largest absolute Gasteiger partial charge is 0.490 e. The number of carbonyl (C=O) groups is 1. The van der Waals surface area contributed by atoms with Crippen LogP contribution in [0.15, 0.2) is 48.5 Å². The number of hydrogen-bond acceptors (Lipinski definition) is 5. The van der Waals surface area contributed by atoms with E-state index in [4.69, 9.17) is 18.9 Å². The molecule has 5 heteroatoms. The average Bonchev–Trinajstić information content (AvgIpc) is 3.53. The first kappa shape index (κ1) is 15.2. The smallest absolute Gasteiger partial charge is 0.200 e. The van der Waals surface area contributed by atoms with Crippen LogP contribution < -0.4 is 9.47 Å². The van der Waals surface area contributed by atoms with Gasteiger partial charge < -0.3 is 18.9 Å². The molecule has 2 aliphatic heterocycles. The highest BCUT2D eigenvalue weighted by molar-refractivity contribution is 6.12. The van der Waals surface area contributed by atoms with E-state index < -0.39 is 0 Å². The lowest BCUT2D eigenvalue weighted by Gasteiger charge is -2.15. The van der Waals surface area contributed by atoms with E-state index in [1.165, 1.54) is 0 Å². The third kappa shape index (κ3) is 3.58. The minimum atomic E-state index is -0.116. The molecule has 2 atom stereocenters. The van der Waals surface area contributed by atoms with Gasteiger partial charge in [-0.1, -0.05) is 36.4 Å². The Bertz CT molecular complexity index is 686. The van der Waals surface area contributed by atoms with Crippen LogP contribution in [0.5, 0.6) is 11.5 Å². The number of ether oxygens (including phenoxy) is 4. The monoisotopic (exact) mass is 326 g/mol. The summed E-state index contributed by atoms with van der Waals surface area (Å²) >= 11 is 0. The van der Waals surface area contributed by atoms with E-state index >= 15 is 0 Å². The summed E-state index contributed by atoms with van der Waals surface area (Å²) in [4.78, 5) is 13.0. The van der Waals surface area contributed by atoms with Crippen LogP contribution in [-0.4, -0.2) is 44.4 Å². The number of epoxide rings is 2. The van der Waals surface area contributed by atoms with Gasteiger partial charge in [-0.25, -0.2) is 0 Å². The van der Waals surface area contributed by atoms with Gasteiger partial charge in [0.05, 0.1) is 13.2 Å². The molecule has 2 unspecified atom stereocenters. The molecule has 2 fully saturated rings. The van der Waals surface area contributed by atoms with Gasteiger partial charge in [-0.05, 0) is 12.1 Å². The van der Waals surface area contributed by atoms with Crippen molar-refractivity contribution in [2.75, 3.05) is 26.4 Å². The van der Waals surface area contributed by atoms with Gasteiger partial charge in [0, 0.05) is 5.56 Å². The number of hydrogen-bond donors (Lipinski definition) is 0.